The number of fused-ring (bicyclic) bond motifs is 2. The molecular formula is C21H27N2O2+. The van der Waals surface area contributed by atoms with E-state index in [4.69, 9.17) is 4.74 Å². The molecule has 0 amide bonds. The molecule has 2 aliphatic rings. The summed E-state index contributed by atoms with van der Waals surface area (Å²) in [6, 6.07) is 6.93. The van der Waals surface area contributed by atoms with E-state index >= 15 is 0 Å². The Bertz CT molecular complexity index is 815. The molecule has 2 heterocycles. The van der Waals surface area contributed by atoms with Crippen LogP contribution in [-0.2, 0) is 22.4 Å². The van der Waals surface area contributed by atoms with Gasteiger partial charge < -0.3 is 4.74 Å². The number of nitrogens with zero attached hydrogens (tertiary/aromatic N) is 1. The first-order valence-corrected chi connectivity index (χ1v) is 9.55. The summed E-state index contributed by atoms with van der Waals surface area (Å²) in [4.78, 5) is 18.1. The van der Waals surface area contributed by atoms with Gasteiger partial charge in [0, 0.05) is 11.5 Å². The molecule has 1 aliphatic carbocycles. The number of piperidine rings is 1. The van der Waals surface area contributed by atoms with Crippen molar-refractivity contribution in [2.45, 2.75) is 46.0 Å². The molecule has 0 saturated carbocycles. The number of rotatable bonds is 3. The predicted octanol–water partition coefficient (Wildman–Crippen LogP) is 3.23. The predicted molar refractivity (Wildman–Crippen MR) is 98.8 cm³/mol. The molecule has 132 valence electrons. The van der Waals surface area contributed by atoms with Crippen LogP contribution in [0, 0.1) is 12.8 Å². The molecule has 1 saturated heterocycles. The topological polar surface area (TPSA) is 43.7 Å². The van der Waals surface area contributed by atoms with Crippen LogP contribution in [0.4, 0.5) is 5.82 Å². The minimum atomic E-state index is -0.0532. The number of aromatic nitrogens is 1. The number of nitrogens with one attached hydrogen (secondary N) is 1. The Labute approximate surface area is 149 Å². The lowest BCUT2D eigenvalue weighted by atomic mass is 9.97. The quantitative estimate of drug-likeness (QED) is 0.807. The zero-order valence-electron chi connectivity index (χ0n) is 15.2. The van der Waals surface area contributed by atoms with Crippen molar-refractivity contribution in [3.8, 4) is 0 Å². The fourth-order valence-electron chi connectivity index (χ4n) is 4.33. The Morgan fingerprint density at radius 3 is 2.84 bits per heavy atom. The standard InChI is InChI=1S/C21H26N2O2/c1-3-25-21(24)17-8-5-9-23(13-17)20-10-14(2)18-11-15-6-4-7-16(15)12-19(18)22-20/h10-12,17H,3-9,13H2,1-2H3/p+1/t17-/m0/s1. The number of H-pyrrole nitrogens is 1. The number of ether oxygens (including phenoxy) is 1. The molecule has 0 unspecified atom stereocenters. The van der Waals surface area contributed by atoms with E-state index in [9.17, 15) is 4.79 Å². The lowest BCUT2D eigenvalue weighted by Gasteiger charge is -2.27. The zero-order chi connectivity index (χ0) is 17.4. The van der Waals surface area contributed by atoms with Gasteiger partial charge in [-0.1, -0.05) is 0 Å². The van der Waals surface area contributed by atoms with Gasteiger partial charge in [0.2, 0.25) is 0 Å². The highest BCUT2D eigenvalue weighted by atomic mass is 16.5. The molecule has 0 radical (unpaired) electrons. The van der Waals surface area contributed by atoms with Crippen molar-refractivity contribution >= 4 is 22.7 Å². The highest BCUT2D eigenvalue weighted by Crippen LogP contribution is 2.29. The summed E-state index contributed by atoms with van der Waals surface area (Å²) in [5.41, 5.74) is 5.52. The first-order valence-electron chi connectivity index (χ1n) is 9.55. The van der Waals surface area contributed by atoms with Crippen LogP contribution in [0.5, 0.6) is 0 Å². The van der Waals surface area contributed by atoms with Crippen LogP contribution in [0.1, 0.15) is 42.9 Å². The van der Waals surface area contributed by atoms with Gasteiger partial charge in [-0.25, -0.2) is 4.98 Å². The summed E-state index contributed by atoms with van der Waals surface area (Å²) >= 11 is 0. The van der Waals surface area contributed by atoms with Crippen molar-refractivity contribution in [1.82, 2.24) is 0 Å². The number of esters is 1. The van der Waals surface area contributed by atoms with Crippen molar-refractivity contribution in [3.05, 3.63) is 34.9 Å². The summed E-state index contributed by atoms with van der Waals surface area (Å²) in [5.74, 6) is 1.05. The van der Waals surface area contributed by atoms with E-state index in [1.165, 1.54) is 46.9 Å². The molecule has 25 heavy (non-hydrogen) atoms. The maximum absolute atomic E-state index is 12.1. The van der Waals surface area contributed by atoms with Crippen molar-refractivity contribution in [1.29, 1.82) is 0 Å². The van der Waals surface area contributed by atoms with E-state index in [0.29, 0.717) is 6.61 Å². The van der Waals surface area contributed by atoms with E-state index in [1.807, 2.05) is 6.92 Å². The van der Waals surface area contributed by atoms with Crippen molar-refractivity contribution in [2.75, 3.05) is 24.6 Å². The van der Waals surface area contributed by atoms with E-state index in [2.05, 4.69) is 35.0 Å². The maximum atomic E-state index is 12.1. The monoisotopic (exact) mass is 339 g/mol. The molecular weight excluding hydrogens is 312 g/mol. The Hall–Kier alpha value is -2.10. The molecule has 1 aromatic heterocycles. The van der Waals surface area contributed by atoms with E-state index in [0.717, 1.165) is 31.7 Å². The molecule has 0 spiro atoms. The van der Waals surface area contributed by atoms with Crippen LogP contribution in [0.2, 0.25) is 0 Å². The Kier molecular flexibility index (Phi) is 4.36. The number of anilines is 1. The minimum absolute atomic E-state index is 0.0156. The molecule has 4 heteroatoms. The molecule has 0 bridgehead atoms. The normalized spacial score (nSPS) is 19.9. The highest BCUT2D eigenvalue weighted by Gasteiger charge is 2.32. The van der Waals surface area contributed by atoms with Gasteiger partial charge in [0.15, 0.2) is 0 Å². The summed E-state index contributed by atoms with van der Waals surface area (Å²) in [5, 5.41) is 1.32. The van der Waals surface area contributed by atoms with Crippen LogP contribution in [0.3, 0.4) is 0 Å². The lowest BCUT2D eigenvalue weighted by Crippen LogP contribution is -2.41. The number of carbonyl (C=O) groups excluding carboxylic acids is 1. The van der Waals surface area contributed by atoms with Crippen LogP contribution in [-0.4, -0.2) is 25.7 Å². The second-order valence-electron chi connectivity index (χ2n) is 7.39. The first kappa shape index (κ1) is 16.4. The molecule has 1 atom stereocenters. The van der Waals surface area contributed by atoms with Gasteiger partial charge in [-0.05, 0) is 74.8 Å². The van der Waals surface area contributed by atoms with Crippen LogP contribution >= 0.6 is 0 Å². The average molecular weight is 339 g/mol. The fraction of sp³-hybridized carbons (Fsp3) is 0.524. The van der Waals surface area contributed by atoms with Crippen LogP contribution in [0.15, 0.2) is 18.2 Å². The number of hydrogen-bond donors (Lipinski definition) is 0. The number of hydrogen-bond acceptors (Lipinski definition) is 3. The van der Waals surface area contributed by atoms with Gasteiger partial charge in [-0.15, -0.1) is 0 Å². The van der Waals surface area contributed by atoms with Gasteiger partial charge in [0.05, 0.1) is 25.6 Å². The van der Waals surface area contributed by atoms with Gasteiger partial charge in [-0.3, -0.25) is 9.69 Å². The summed E-state index contributed by atoms with van der Waals surface area (Å²) < 4.78 is 5.23. The number of pyridine rings is 1. The Morgan fingerprint density at radius 2 is 2.04 bits per heavy atom. The second kappa shape index (κ2) is 6.66. The minimum Gasteiger partial charge on any atom is -0.466 e. The Morgan fingerprint density at radius 1 is 1.24 bits per heavy atom. The van der Waals surface area contributed by atoms with Gasteiger partial charge in [0.25, 0.3) is 5.82 Å². The first-order chi connectivity index (χ1) is 12.2. The van der Waals surface area contributed by atoms with Crippen LogP contribution in [0.25, 0.3) is 10.9 Å². The van der Waals surface area contributed by atoms with E-state index < -0.39 is 0 Å². The maximum Gasteiger partial charge on any atom is 0.312 e. The third-order valence-electron chi connectivity index (χ3n) is 5.65. The highest BCUT2D eigenvalue weighted by molar-refractivity contribution is 5.82. The number of aryl methyl sites for hydroxylation is 3. The number of aromatic amines is 1. The SMILES string of the molecule is CCOC(=O)[C@H]1CCCN(c2cc(C)c3cc4c(cc3[nH+]2)CCC4)C1. The van der Waals surface area contributed by atoms with Crippen molar-refractivity contribution in [2.24, 2.45) is 5.92 Å². The second-order valence-corrected chi connectivity index (χ2v) is 7.39. The molecule has 1 aromatic carbocycles. The molecule has 4 nitrogen and oxygen atoms in total. The largest absolute Gasteiger partial charge is 0.466 e. The van der Waals surface area contributed by atoms with Crippen molar-refractivity contribution in [3.63, 3.8) is 0 Å². The van der Waals surface area contributed by atoms with E-state index in [-0.39, 0.29) is 11.9 Å². The third-order valence-corrected chi connectivity index (χ3v) is 5.65. The molecule has 4 rings (SSSR count). The lowest BCUT2D eigenvalue weighted by molar-refractivity contribution is -0.331. The smallest absolute Gasteiger partial charge is 0.312 e. The van der Waals surface area contributed by atoms with Gasteiger partial charge >= 0.3 is 5.97 Å². The molecule has 2 aromatic rings. The van der Waals surface area contributed by atoms with E-state index in [1.54, 1.807) is 0 Å². The summed E-state index contributed by atoms with van der Waals surface area (Å²) in [7, 11) is 0. The molecule has 1 fully saturated rings. The zero-order valence-corrected chi connectivity index (χ0v) is 15.2. The number of carbonyl (C=O) groups is 1. The summed E-state index contributed by atoms with van der Waals surface area (Å²) in [6.45, 7) is 6.25. The average Bonchev–Trinajstić information content (AvgIpc) is 3.08. The molecule has 1 aliphatic heterocycles. The van der Waals surface area contributed by atoms with Crippen LogP contribution < -0.4 is 9.88 Å². The Balaban J connectivity index is 1.64. The van der Waals surface area contributed by atoms with Crippen molar-refractivity contribution < 1.29 is 14.5 Å². The van der Waals surface area contributed by atoms with Gasteiger partial charge in [-0.2, -0.15) is 0 Å². The third kappa shape index (κ3) is 3.10. The van der Waals surface area contributed by atoms with Gasteiger partial charge in [0.1, 0.15) is 5.52 Å². The number of benzene rings is 1. The molecule has 1 N–H and O–H groups in total. The fourth-order valence-corrected chi connectivity index (χ4v) is 4.33. The summed E-state index contributed by atoms with van der Waals surface area (Å²) in [6.07, 6.45) is 5.62.